The Bertz CT molecular complexity index is 1030. The lowest BCUT2D eigenvalue weighted by Crippen LogP contribution is -2.26. The molecule has 0 radical (unpaired) electrons. The highest BCUT2D eigenvalue weighted by molar-refractivity contribution is 5.94. The molecule has 146 valence electrons. The molecule has 1 aromatic carbocycles. The monoisotopic (exact) mass is 390 g/mol. The number of amides is 1. The maximum Gasteiger partial charge on any atom is 0.393 e. The molecule has 0 aromatic heterocycles. The average molecular weight is 390 g/mol. The molecule has 1 N–H and O–H groups in total. The quantitative estimate of drug-likeness (QED) is 0.724. The summed E-state index contributed by atoms with van der Waals surface area (Å²) in [4.78, 5) is 28.0. The number of nitrogens with one attached hydrogen (secondary N) is 1. The van der Waals surface area contributed by atoms with Gasteiger partial charge >= 0.3 is 6.18 Å². The van der Waals surface area contributed by atoms with Crippen molar-refractivity contribution < 1.29 is 22.4 Å². The van der Waals surface area contributed by atoms with Crippen LogP contribution < -0.4 is 10.7 Å². The Balaban J connectivity index is 1.65. The van der Waals surface area contributed by atoms with Gasteiger partial charge in [-0.05, 0) is 36.8 Å². The summed E-state index contributed by atoms with van der Waals surface area (Å²) in [6.45, 7) is 1.97. The summed E-state index contributed by atoms with van der Waals surface area (Å²) >= 11 is 0. The molecule has 0 saturated carbocycles. The lowest BCUT2D eigenvalue weighted by Gasteiger charge is -2.11. The highest BCUT2D eigenvalue weighted by Crippen LogP contribution is 2.23. The lowest BCUT2D eigenvalue weighted by atomic mass is 10.1. The zero-order chi connectivity index (χ0) is 20.3. The minimum Gasteiger partial charge on any atom is -0.442 e. The fourth-order valence-corrected chi connectivity index (χ4v) is 2.83. The predicted molar refractivity (Wildman–Crippen MR) is 96.4 cm³/mol. The molecule has 0 unspecified atom stereocenters. The molecule has 0 saturated heterocycles. The summed E-state index contributed by atoms with van der Waals surface area (Å²) in [5, 5.41) is 2.63. The first-order valence-corrected chi connectivity index (χ1v) is 8.55. The standard InChI is InChI=1S/C20H17F3N2O3/c1-12-16-6-5-15(26)10-17(16)28-18(25-12)7-8-24-19(27)14-4-2-3-13(9-14)11-20(21,22)23/h2-6,9-10H,7-8,11H2,1H3,(H,24,27). The van der Waals surface area contributed by atoms with E-state index in [4.69, 9.17) is 4.42 Å². The Hall–Kier alpha value is -3.16. The summed E-state index contributed by atoms with van der Waals surface area (Å²) in [5.74, 6) is 0.284. The number of rotatable bonds is 5. The van der Waals surface area contributed by atoms with Gasteiger partial charge in [0.15, 0.2) is 11.3 Å². The predicted octanol–water partition coefficient (Wildman–Crippen LogP) is 3.53. The van der Waals surface area contributed by atoms with E-state index >= 15 is 0 Å². The second kappa shape index (κ2) is 7.84. The molecule has 28 heavy (non-hydrogen) atoms. The van der Waals surface area contributed by atoms with E-state index in [0.29, 0.717) is 17.3 Å². The molecule has 1 aromatic rings. The van der Waals surface area contributed by atoms with E-state index < -0.39 is 18.5 Å². The van der Waals surface area contributed by atoms with Gasteiger partial charge in [-0.3, -0.25) is 9.59 Å². The van der Waals surface area contributed by atoms with Crippen LogP contribution in [0.4, 0.5) is 13.2 Å². The SMILES string of the molecule is Cc1nc(CCNC(=O)c2cccc(CC(F)(F)F)c2)oc2cc(=O)ccc1-2. The average Bonchev–Trinajstić information content (AvgIpc) is 2.60. The van der Waals surface area contributed by atoms with E-state index in [2.05, 4.69) is 10.3 Å². The number of carbonyl (C=O) groups excluding carboxylic acids is 1. The number of fused-ring (bicyclic) bond motifs is 1. The Kier molecular flexibility index (Phi) is 5.48. The molecular weight excluding hydrogens is 373 g/mol. The number of hydrogen-bond acceptors (Lipinski definition) is 4. The Labute approximate surface area is 158 Å². The number of alkyl halides is 3. The van der Waals surface area contributed by atoms with Gasteiger partial charge in [0, 0.05) is 30.2 Å². The van der Waals surface area contributed by atoms with Gasteiger partial charge in [0.05, 0.1) is 12.1 Å². The van der Waals surface area contributed by atoms with Gasteiger partial charge in [0.25, 0.3) is 5.91 Å². The van der Waals surface area contributed by atoms with Gasteiger partial charge in [0.2, 0.25) is 0 Å². The minimum absolute atomic E-state index is 0.0235. The third kappa shape index (κ3) is 4.97. The van der Waals surface area contributed by atoms with E-state index in [1.54, 1.807) is 13.0 Å². The molecule has 0 bridgehead atoms. The molecule has 0 fully saturated rings. The zero-order valence-electron chi connectivity index (χ0n) is 15.0. The van der Waals surface area contributed by atoms with Crippen LogP contribution in [-0.4, -0.2) is 23.6 Å². The van der Waals surface area contributed by atoms with Crippen molar-refractivity contribution >= 4 is 5.91 Å². The van der Waals surface area contributed by atoms with Crippen LogP contribution in [0.3, 0.4) is 0 Å². The van der Waals surface area contributed by atoms with Crippen molar-refractivity contribution in [2.24, 2.45) is 0 Å². The van der Waals surface area contributed by atoms with E-state index in [1.807, 2.05) is 0 Å². The van der Waals surface area contributed by atoms with E-state index in [1.165, 1.54) is 36.4 Å². The van der Waals surface area contributed by atoms with E-state index in [-0.39, 0.29) is 29.5 Å². The molecule has 0 spiro atoms. The largest absolute Gasteiger partial charge is 0.442 e. The molecule has 1 heterocycles. The van der Waals surface area contributed by atoms with Crippen LogP contribution in [0.1, 0.15) is 27.5 Å². The van der Waals surface area contributed by atoms with Crippen molar-refractivity contribution in [1.82, 2.24) is 10.3 Å². The molecule has 1 aliphatic heterocycles. The number of aryl methyl sites for hydroxylation is 1. The van der Waals surface area contributed by atoms with Crippen LogP contribution in [0.2, 0.25) is 0 Å². The summed E-state index contributed by atoms with van der Waals surface area (Å²) in [7, 11) is 0. The number of nitrogens with zero attached hydrogens (tertiary/aromatic N) is 1. The van der Waals surface area contributed by atoms with Crippen molar-refractivity contribution in [2.75, 3.05) is 6.54 Å². The normalized spacial score (nSPS) is 11.6. The van der Waals surface area contributed by atoms with Crippen LogP contribution >= 0.6 is 0 Å². The van der Waals surface area contributed by atoms with Crippen molar-refractivity contribution in [3.63, 3.8) is 0 Å². The van der Waals surface area contributed by atoms with Crippen LogP contribution in [0, 0.1) is 6.92 Å². The maximum absolute atomic E-state index is 12.5. The van der Waals surface area contributed by atoms with Crippen molar-refractivity contribution in [1.29, 1.82) is 0 Å². The van der Waals surface area contributed by atoms with Crippen LogP contribution in [0.25, 0.3) is 11.3 Å². The third-order valence-electron chi connectivity index (χ3n) is 4.08. The Morgan fingerprint density at radius 1 is 1.18 bits per heavy atom. The first kappa shape index (κ1) is 19.6. The van der Waals surface area contributed by atoms with Crippen molar-refractivity contribution in [3.8, 4) is 11.3 Å². The minimum atomic E-state index is -4.33. The summed E-state index contributed by atoms with van der Waals surface area (Å²) < 4.78 is 43.1. The first-order valence-electron chi connectivity index (χ1n) is 8.55. The van der Waals surface area contributed by atoms with Gasteiger partial charge in [-0.15, -0.1) is 0 Å². The van der Waals surface area contributed by atoms with Gasteiger partial charge in [0.1, 0.15) is 5.76 Å². The van der Waals surface area contributed by atoms with Gasteiger partial charge in [-0.25, -0.2) is 4.98 Å². The van der Waals surface area contributed by atoms with Gasteiger partial charge in [-0.1, -0.05) is 12.1 Å². The van der Waals surface area contributed by atoms with Gasteiger partial charge < -0.3 is 9.73 Å². The second-order valence-electron chi connectivity index (χ2n) is 6.35. The number of halogens is 3. The molecule has 3 rings (SSSR count). The maximum atomic E-state index is 12.5. The molecule has 2 aliphatic rings. The Morgan fingerprint density at radius 3 is 2.71 bits per heavy atom. The fraction of sp³-hybridized carbons (Fsp3) is 0.250. The lowest BCUT2D eigenvalue weighted by molar-refractivity contribution is -0.127. The molecule has 0 atom stereocenters. The fourth-order valence-electron chi connectivity index (χ4n) is 2.83. The number of benzene rings is 2. The van der Waals surface area contributed by atoms with E-state index in [9.17, 15) is 22.8 Å². The van der Waals surface area contributed by atoms with Crippen LogP contribution in [0.15, 0.2) is 51.7 Å². The highest BCUT2D eigenvalue weighted by atomic mass is 19.4. The highest BCUT2D eigenvalue weighted by Gasteiger charge is 2.27. The van der Waals surface area contributed by atoms with Crippen LogP contribution in [-0.2, 0) is 12.8 Å². The molecule has 1 amide bonds. The number of hydrogen-bond donors (Lipinski definition) is 1. The smallest absolute Gasteiger partial charge is 0.393 e. The second-order valence-corrected chi connectivity index (χ2v) is 6.35. The molecule has 1 aliphatic carbocycles. The number of aromatic nitrogens is 1. The molecule has 8 heteroatoms. The summed E-state index contributed by atoms with van der Waals surface area (Å²) in [6.07, 6.45) is -5.15. The van der Waals surface area contributed by atoms with Crippen molar-refractivity contribution in [2.45, 2.75) is 25.9 Å². The summed E-state index contributed by atoms with van der Waals surface area (Å²) in [5.41, 5.74) is 1.42. The number of carbonyl (C=O) groups is 1. The van der Waals surface area contributed by atoms with Gasteiger partial charge in [-0.2, -0.15) is 13.2 Å². The summed E-state index contributed by atoms with van der Waals surface area (Å²) in [6, 6.07) is 9.87. The molecule has 5 nitrogen and oxygen atoms in total. The zero-order valence-corrected chi connectivity index (χ0v) is 15.0. The van der Waals surface area contributed by atoms with Crippen molar-refractivity contribution in [3.05, 3.63) is 75.4 Å². The third-order valence-corrected chi connectivity index (χ3v) is 4.08. The Morgan fingerprint density at radius 2 is 1.96 bits per heavy atom. The van der Waals surface area contributed by atoms with E-state index in [0.717, 1.165) is 5.56 Å². The molecular formula is C20H17F3N2O3. The first-order chi connectivity index (χ1) is 13.2. The topological polar surface area (TPSA) is 72.2 Å². The van der Waals surface area contributed by atoms with Crippen LogP contribution in [0.5, 0.6) is 0 Å².